The van der Waals surface area contributed by atoms with Crippen molar-refractivity contribution in [3.05, 3.63) is 0 Å². The largest absolute Gasteiger partial charge is 0.329 e. The van der Waals surface area contributed by atoms with Gasteiger partial charge in [0.25, 0.3) is 0 Å². The Morgan fingerprint density at radius 2 is 2.00 bits per heavy atom. The van der Waals surface area contributed by atoms with Gasteiger partial charge >= 0.3 is 0 Å². The van der Waals surface area contributed by atoms with Crippen LogP contribution >= 0.6 is 0 Å². The molecule has 12 heavy (non-hydrogen) atoms. The quantitative estimate of drug-likeness (QED) is 0.640. The normalized spacial score (nSPS) is 16.5. The first kappa shape index (κ1) is 11.9. The lowest BCUT2D eigenvalue weighted by molar-refractivity contribution is 0.320. The lowest BCUT2D eigenvalue weighted by Crippen LogP contribution is -2.48. The van der Waals surface area contributed by atoms with Gasteiger partial charge in [0.2, 0.25) is 0 Å². The zero-order valence-corrected chi connectivity index (χ0v) is 8.98. The molecule has 0 amide bonds. The summed E-state index contributed by atoms with van der Waals surface area (Å²) in [5.41, 5.74) is 5.87. The average Bonchev–Trinajstić information content (AvgIpc) is 2.02. The highest BCUT2D eigenvalue weighted by Gasteiger charge is 2.20. The predicted molar refractivity (Wildman–Crippen MR) is 55.2 cm³/mol. The molecule has 0 aromatic heterocycles. The third-order valence-electron chi connectivity index (χ3n) is 2.33. The molecule has 0 aromatic carbocycles. The van der Waals surface area contributed by atoms with Crippen molar-refractivity contribution in [2.75, 3.05) is 13.1 Å². The molecule has 0 aliphatic heterocycles. The second-order valence-electron chi connectivity index (χ2n) is 4.23. The van der Waals surface area contributed by atoms with Crippen LogP contribution in [-0.4, -0.2) is 18.6 Å². The molecule has 74 valence electrons. The van der Waals surface area contributed by atoms with Crippen LogP contribution in [0.15, 0.2) is 0 Å². The third-order valence-corrected chi connectivity index (χ3v) is 2.33. The fourth-order valence-electron chi connectivity index (χ4n) is 1.30. The van der Waals surface area contributed by atoms with Crippen LogP contribution in [0.25, 0.3) is 0 Å². The van der Waals surface area contributed by atoms with Crippen molar-refractivity contribution in [3.63, 3.8) is 0 Å². The molecular formula is C10H24N2. The van der Waals surface area contributed by atoms with Crippen molar-refractivity contribution in [2.24, 2.45) is 11.7 Å². The van der Waals surface area contributed by atoms with Crippen LogP contribution < -0.4 is 11.1 Å². The van der Waals surface area contributed by atoms with E-state index in [1.165, 1.54) is 12.8 Å². The van der Waals surface area contributed by atoms with Gasteiger partial charge < -0.3 is 11.1 Å². The minimum Gasteiger partial charge on any atom is -0.329 e. The first-order valence-electron chi connectivity index (χ1n) is 4.99. The van der Waals surface area contributed by atoms with Crippen LogP contribution in [0.3, 0.4) is 0 Å². The minimum absolute atomic E-state index is 0.152. The van der Waals surface area contributed by atoms with Crippen LogP contribution in [-0.2, 0) is 0 Å². The molecule has 0 saturated carbocycles. The summed E-state index contributed by atoms with van der Waals surface area (Å²) in [7, 11) is 0. The Balaban J connectivity index is 3.78. The van der Waals surface area contributed by atoms with Gasteiger partial charge in [-0.25, -0.2) is 0 Å². The second kappa shape index (κ2) is 5.55. The molecule has 0 bridgehead atoms. The minimum atomic E-state index is 0.152. The highest BCUT2D eigenvalue weighted by Crippen LogP contribution is 2.14. The molecule has 0 rings (SSSR count). The van der Waals surface area contributed by atoms with Gasteiger partial charge in [-0.05, 0) is 32.2 Å². The summed E-state index contributed by atoms with van der Waals surface area (Å²) in [6.45, 7) is 10.6. The number of nitrogens with one attached hydrogen (secondary N) is 1. The molecule has 0 heterocycles. The standard InChI is InChI=1S/C10H24N2/c1-5-12-10(4,8-11)7-6-9(2)3/h9,12H,5-8,11H2,1-4H3. The van der Waals surface area contributed by atoms with E-state index in [9.17, 15) is 0 Å². The summed E-state index contributed by atoms with van der Waals surface area (Å²) in [4.78, 5) is 0. The lowest BCUT2D eigenvalue weighted by Gasteiger charge is -2.29. The summed E-state index contributed by atoms with van der Waals surface area (Å²) in [5.74, 6) is 0.773. The van der Waals surface area contributed by atoms with E-state index in [0.717, 1.165) is 19.0 Å². The molecular weight excluding hydrogens is 148 g/mol. The van der Waals surface area contributed by atoms with E-state index < -0.39 is 0 Å². The van der Waals surface area contributed by atoms with E-state index >= 15 is 0 Å². The molecule has 0 aliphatic carbocycles. The third kappa shape index (κ3) is 4.73. The van der Waals surface area contributed by atoms with Gasteiger partial charge in [0.15, 0.2) is 0 Å². The lowest BCUT2D eigenvalue weighted by atomic mass is 9.92. The molecule has 0 fully saturated rings. The molecule has 2 nitrogen and oxygen atoms in total. The summed E-state index contributed by atoms with van der Waals surface area (Å²) in [5, 5.41) is 3.44. The van der Waals surface area contributed by atoms with Crippen molar-refractivity contribution >= 4 is 0 Å². The molecule has 3 N–H and O–H groups in total. The van der Waals surface area contributed by atoms with Gasteiger partial charge in [0.1, 0.15) is 0 Å². The predicted octanol–water partition coefficient (Wildman–Crippen LogP) is 1.75. The number of nitrogens with two attached hydrogens (primary N) is 1. The Morgan fingerprint density at radius 1 is 1.42 bits per heavy atom. The Kier molecular flexibility index (Phi) is 5.51. The van der Waals surface area contributed by atoms with Crippen molar-refractivity contribution in [2.45, 2.75) is 46.1 Å². The molecule has 0 saturated heterocycles. The Labute approximate surface area is 76.9 Å². The highest BCUT2D eigenvalue weighted by atomic mass is 15.0. The van der Waals surface area contributed by atoms with E-state index in [1.807, 2.05) is 0 Å². The first-order valence-corrected chi connectivity index (χ1v) is 4.99. The van der Waals surface area contributed by atoms with Crippen LogP contribution in [0.1, 0.15) is 40.5 Å². The summed E-state index contributed by atoms with van der Waals surface area (Å²) < 4.78 is 0. The Hall–Kier alpha value is -0.0800. The van der Waals surface area contributed by atoms with Gasteiger partial charge in [0.05, 0.1) is 0 Å². The van der Waals surface area contributed by atoms with Crippen molar-refractivity contribution in [3.8, 4) is 0 Å². The van der Waals surface area contributed by atoms with Crippen LogP contribution in [0.4, 0.5) is 0 Å². The van der Waals surface area contributed by atoms with E-state index in [-0.39, 0.29) is 5.54 Å². The first-order chi connectivity index (χ1) is 5.54. The maximum atomic E-state index is 5.72. The Morgan fingerprint density at radius 3 is 2.33 bits per heavy atom. The van der Waals surface area contributed by atoms with Crippen molar-refractivity contribution < 1.29 is 0 Å². The highest BCUT2D eigenvalue weighted by molar-refractivity contribution is 4.83. The van der Waals surface area contributed by atoms with E-state index in [0.29, 0.717) is 0 Å². The number of hydrogen-bond acceptors (Lipinski definition) is 2. The summed E-state index contributed by atoms with van der Waals surface area (Å²) in [6.07, 6.45) is 2.43. The monoisotopic (exact) mass is 172 g/mol. The zero-order chi connectivity index (χ0) is 9.61. The maximum Gasteiger partial charge on any atom is 0.0275 e. The molecule has 0 aromatic rings. The molecule has 2 heteroatoms. The van der Waals surface area contributed by atoms with Crippen LogP contribution in [0.2, 0.25) is 0 Å². The second-order valence-corrected chi connectivity index (χ2v) is 4.23. The van der Waals surface area contributed by atoms with Gasteiger partial charge in [-0.2, -0.15) is 0 Å². The molecule has 0 radical (unpaired) electrons. The number of hydrogen-bond donors (Lipinski definition) is 2. The van der Waals surface area contributed by atoms with Crippen LogP contribution in [0, 0.1) is 5.92 Å². The Bertz CT molecular complexity index is 112. The number of rotatable bonds is 6. The summed E-state index contributed by atoms with van der Waals surface area (Å²) in [6, 6.07) is 0. The topological polar surface area (TPSA) is 38.0 Å². The van der Waals surface area contributed by atoms with Gasteiger partial charge in [-0.1, -0.05) is 20.8 Å². The van der Waals surface area contributed by atoms with E-state index in [2.05, 4.69) is 33.0 Å². The number of likely N-dealkylation sites (N-methyl/N-ethyl adjacent to an activating group) is 1. The van der Waals surface area contributed by atoms with Gasteiger partial charge in [-0.15, -0.1) is 0 Å². The molecule has 1 atom stereocenters. The average molecular weight is 172 g/mol. The maximum absolute atomic E-state index is 5.72. The fraction of sp³-hybridized carbons (Fsp3) is 1.00. The van der Waals surface area contributed by atoms with E-state index in [1.54, 1.807) is 0 Å². The smallest absolute Gasteiger partial charge is 0.0275 e. The van der Waals surface area contributed by atoms with E-state index in [4.69, 9.17) is 5.73 Å². The van der Waals surface area contributed by atoms with Crippen LogP contribution in [0.5, 0.6) is 0 Å². The zero-order valence-electron chi connectivity index (χ0n) is 8.98. The summed E-state index contributed by atoms with van der Waals surface area (Å²) >= 11 is 0. The fourth-order valence-corrected chi connectivity index (χ4v) is 1.30. The van der Waals surface area contributed by atoms with Gasteiger partial charge in [0, 0.05) is 12.1 Å². The SMILES string of the molecule is CCNC(C)(CN)CCC(C)C. The van der Waals surface area contributed by atoms with Crippen molar-refractivity contribution in [1.82, 2.24) is 5.32 Å². The van der Waals surface area contributed by atoms with Gasteiger partial charge in [-0.3, -0.25) is 0 Å². The molecule has 1 unspecified atom stereocenters. The molecule has 0 spiro atoms. The molecule has 0 aliphatic rings. The van der Waals surface area contributed by atoms with Crippen molar-refractivity contribution in [1.29, 1.82) is 0 Å².